The maximum absolute atomic E-state index is 5.96. The Morgan fingerprint density at radius 1 is 0.875 bits per heavy atom. The van der Waals surface area contributed by atoms with Crippen molar-refractivity contribution >= 4 is 5.69 Å². The molecule has 130 valence electrons. The Morgan fingerprint density at radius 2 is 1.54 bits per heavy atom. The molecule has 24 heavy (non-hydrogen) atoms. The third-order valence-corrected chi connectivity index (χ3v) is 3.86. The second-order valence-electron chi connectivity index (χ2n) is 6.17. The molecule has 0 saturated carbocycles. The molecule has 0 atom stereocenters. The highest BCUT2D eigenvalue weighted by atomic mass is 16.5. The van der Waals surface area contributed by atoms with Crippen LogP contribution in [-0.4, -0.2) is 19.8 Å². The quantitative estimate of drug-likeness (QED) is 0.586. The van der Waals surface area contributed by atoms with Gasteiger partial charge in [-0.15, -0.1) is 0 Å². The molecular formula is C21H29NO2. The Hall–Kier alpha value is -2.16. The molecule has 1 N–H and O–H groups in total. The maximum Gasteiger partial charge on any atom is 0.142 e. The number of hydrogen-bond acceptors (Lipinski definition) is 3. The molecule has 0 heterocycles. The van der Waals surface area contributed by atoms with Crippen molar-refractivity contribution in [3.05, 3.63) is 54.1 Å². The summed E-state index contributed by atoms with van der Waals surface area (Å²) in [6, 6.07) is 16.3. The van der Waals surface area contributed by atoms with Crippen LogP contribution in [-0.2, 0) is 0 Å². The molecule has 0 saturated heterocycles. The topological polar surface area (TPSA) is 30.5 Å². The Bertz CT molecular complexity index is 610. The maximum atomic E-state index is 5.96. The molecule has 0 unspecified atom stereocenters. The number of benzene rings is 2. The average molecular weight is 327 g/mol. The molecule has 2 aromatic rings. The van der Waals surface area contributed by atoms with Gasteiger partial charge in [-0.05, 0) is 36.1 Å². The largest absolute Gasteiger partial charge is 0.491 e. The van der Waals surface area contributed by atoms with Crippen LogP contribution in [0.15, 0.2) is 48.5 Å². The van der Waals surface area contributed by atoms with Crippen LogP contribution in [0.5, 0.6) is 11.5 Å². The predicted molar refractivity (Wildman–Crippen MR) is 101 cm³/mol. The van der Waals surface area contributed by atoms with E-state index in [1.54, 1.807) is 0 Å². The second kappa shape index (κ2) is 9.86. The van der Waals surface area contributed by atoms with E-state index >= 15 is 0 Å². The Kier molecular flexibility index (Phi) is 7.47. The minimum Gasteiger partial charge on any atom is -0.491 e. The molecule has 3 heteroatoms. The third kappa shape index (κ3) is 5.48. The summed E-state index contributed by atoms with van der Waals surface area (Å²) >= 11 is 0. The zero-order valence-electron chi connectivity index (χ0n) is 15.0. The van der Waals surface area contributed by atoms with E-state index in [0.29, 0.717) is 12.5 Å². The fraction of sp³-hybridized carbons (Fsp3) is 0.429. The van der Waals surface area contributed by atoms with E-state index in [9.17, 15) is 0 Å². The highest BCUT2D eigenvalue weighted by Crippen LogP contribution is 2.26. The zero-order valence-corrected chi connectivity index (χ0v) is 15.0. The Morgan fingerprint density at radius 3 is 2.29 bits per heavy atom. The zero-order chi connectivity index (χ0) is 17.2. The van der Waals surface area contributed by atoms with E-state index in [-0.39, 0.29) is 0 Å². The lowest BCUT2D eigenvalue weighted by Gasteiger charge is -2.15. The molecule has 0 aliphatic rings. The van der Waals surface area contributed by atoms with Gasteiger partial charge in [0.1, 0.15) is 18.1 Å². The molecule has 0 aromatic heterocycles. The van der Waals surface area contributed by atoms with Crippen LogP contribution in [0.2, 0.25) is 0 Å². The van der Waals surface area contributed by atoms with Crippen molar-refractivity contribution in [1.29, 1.82) is 0 Å². The van der Waals surface area contributed by atoms with Crippen molar-refractivity contribution in [2.45, 2.75) is 39.5 Å². The van der Waals surface area contributed by atoms with Gasteiger partial charge in [0.05, 0.1) is 12.3 Å². The van der Waals surface area contributed by atoms with Crippen molar-refractivity contribution in [3.63, 3.8) is 0 Å². The summed E-state index contributed by atoms with van der Waals surface area (Å²) < 4.78 is 11.8. The van der Waals surface area contributed by atoms with Crippen molar-refractivity contribution in [1.82, 2.24) is 0 Å². The van der Waals surface area contributed by atoms with Crippen LogP contribution in [0.3, 0.4) is 0 Å². The van der Waals surface area contributed by atoms with Gasteiger partial charge in [0, 0.05) is 6.54 Å². The fourth-order valence-corrected chi connectivity index (χ4v) is 2.50. The van der Waals surface area contributed by atoms with E-state index in [0.717, 1.165) is 43.2 Å². The first-order valence-corrected chi connectivity index (χ1v) is 8.89. The van der Waals surface area contributed by atoms with Gasteiger partial charge in [0.2, 0.25) is 0 Å². The monoisotopic (exact) mass is 327 g/mol. The lowest BCUT2D eigenvalue weighted by molar-refractivity contribution is 0.309. The Labute approximate surface area is 146 Å². The van der Waals surface area contributed by atoms with Gasteiger partial charge in [-0.2, -0.15) is 0 Å². The first-order valence-electron chi connectivity index (χ1n) is 8.89. The van der Waals surface area contributed by atoms with Gasteiger partial charge >= 0.3 is 0 Å². The molecule has 0 fully saturated rings. The summed E-state index contributed by atoms with van der Waals surface area (Å²) in [6.45, 7) is 8.65. The van der Waals surface area contributed by atoms with E-state index in [1.165, 1.54) is 5.56 Å². The fourth-order valence-electron chi connectivity index (χ4n) is 2.50. The number of hydrogen-bond donors (Lipinski definition) is 1. The van der Waals surface area contributed by atoms with Gasteiger partial charge in [-0.25, -0.2) is 0 Å². The summed E-state index contributed by atoms with van der Waals surface area (Å²) in [7, 11) is 0. The summed E-state index contributed by atoms with van der Waals surface area (Å²) in [5, 5.41) is 3.41. The lowest BCUT2D eigenvalue weighted by atomic mass is 10.0. The SMILES string of the molecule is CCCCOc1ccccc1NCCOc1ccccc1C(C)C. The Balaban J connectivity index is 1.85. The van der Waals surface area contributed by atoms with Gasteiger partial charge < -0.3 is 14.8 Å². The number of ether oxygens (including phenoxy) is 2. The normalized spacial score (nSPS) is 10.7. The van der Waals surface area contributed by atoms with Crippen LogP contribution in [0, 0.1) is 0 Å². The average Bonchev–Trinajstić information content (AvgIpc) is 2.60. The third-order valence-electron chi connectivity index (χ3n) is 3.86. The number of nitrogens with one attached hydrogen (secondary N) is 1. The standard InChI is InChI=1S/C21H29NO2/c1-4-5-15-23-21-13-9-7-11-19(21)22-14-16-24-20-12-8-6-10-18(20)17(2)3/h6-13,17,22H,4-5,14-16H2,1-3H3. The van der Waals surface area contributed by atoms with Crippen molar-refractivity contribution in [3.8, 4) is 11.5 Å². The van der Waals surface area contributed by atoms with Crippen LogP contribution >= 0.6 is 0 Å². The second-order valence-corrected chi connectivity index (χ2v) is 6.17. The summed E-state index contributed by atoms with van der Waals surface area (Å²) in [5.41, 5.74) is 2.27. The van der Waals surface area contributed by atoms with Gasteiger partial charge in [-0.3, -0.25) is 0 Å². The molecule has 0 radical (unpaired) electrons. The van der Waals surface area contributed by atoms with E-state index < -0.39 is 0 Å². The number of anilines is 1. The molecule has 0 amide bonds. The van der Waals surface area contributed by atoms with Crippen LogP contribution in [0.1, 0.15) is 45.1 Å². The summed E-state index contributed by atoms with van der Waals surface area (Å²) in [6.07, 6.45) is 2.21. The highest BCUT2D eigenvalue weighted by Gasteiger charge is 2.07. The van der Waals surface area contributed by atoms with E-state index in [1.807, 2.05) is 36.4 Å². The van der Waals surface area contributed by atoms with Crippen LogP contribution in [0.25, 0.3) is 0 Å². The van der Waals surface area contributed by atoms with Gasteiger partial charge in [-0.1, -0.05) is 57.5 Å². The molecule has 2 aromatic carbocycles. The first kappa shape index (κ1) is 18.2. The minimum atomic E-state index is 0.460. The lowest BCUT2D eigenvalue weighted by Crippen LogP contribution is -2.13. The van der Waals surface area contributed by atoms with E-state index in [4.69, 9.17) is 9.47 Å². The van der Waals surface area contributed by atoms with Gasteiger partial charge in [0.15, 0.2) is 0 Å². The summed E-state index contributed by atoms with van der Waals surface area (Å²) in [4.78, 5) is 0. The summed E-state index contributed by atoms with van der Waals surface area (Å²) in [5.74, 6) is 2.34. The molecule has 2 rings (SSSR count). The smallest absolute Gasteiger partial charge is 0.142 e. The van der Waals surface area contributed by atoms with Crippen molar-refractivity contribution < 1.29 is 9.47 Å². The number of unbranched alkanes of at least 4 members (excludes halogenated alkanes) is 1. The molecule has 0 aliphatic heterocycles. The highest BCUT2D eigenvalue weighted by molar-refractivity contribution is 5.56. The minimum absolute atomic E-state index is 0.460. The molecular weight excluding hydrogens is 298 g/mol. The predicted octanol–water partition coefficient (Wildman–Crippen LogP) is 5.48. The van der Waals surface area contributed by atoms with Crippen LogP contribution in [0.4, 0.5) is 5.69 Å². The van der Waals surface area contributed by atoms with Gasteiger partial charge in [0.25, 0.3) is 0 Å². The molecule has 3 nitrogen and oxygen atoms in total. The first-order chi connectivity index (χ1) is 11.7. The van der Waals surface area contributed by atoms with E-state index in [2.05, 4.69) is 38.2 Å². The van der Waals surface area contributed by atoms with Crippen LogP contribution < -0.4 is 14.8 Å². The number of rotatable bonds is 10. The molecule has 0 spiro atoms. The van der Waals surface area contributed by atoms with Crippen molar-refractivity contribution in [2.24, 2.45) is 0 Å². The van der Waals surface area contributed by atoms with Crippen molar-refractivity contribution in [2.75, 3.05) is 25.1 Å². The molecule has 0 aliphatic carbocycles. The molecule has 0 bridgehead atoms. The number of para-hydroxylation sites is 3.